The largest absolute Gasteiger partial charge is 0.334 e. The predicted octanol–water partition coefficient (Wildman–Crippen LogP) is 2.36. The quantitative estimate of drug-likeness (QED) is 0.916. The molecular weight excluding hydrogens is 326 g/mol. The van der Waals surface area contributed by atoms with Crippen molar-refractivity contribution >= 4 is 5.91 Å². The smallest absolute Gasteiger partial charge is 0.276 e. The number of hydrogen-bond donors (Lipinski definition) is 1. The highest BCUT2D eigenvalue weighted by Gasteiger charge is 2.33. The van der Waals surface area contributed by atoms with E-state index in [-0.39, 0.29) is 11.9 Å². The summed E-state index contributed by atoms with van der Waals surface area (Å²) >= 11 is 0. The van der Waals surface area contributed by atoms with Crippen LogP contribution in [0.5, 0.6) is 0 Å². The van der Waals surface area contributed by atoms with E-state index in [0.29, 0.717) is 11.7 Å². The van der Waals surface area contributed by atoms with Crippen LogP contribution in [-0.2, 0) is 6.42 Å². The van der Waals surface area contributed by atoms with E-state index in [4.69, 9.17) is 0 Å². The molecule has 1 unspecified atom stereocenters. The van der Waals surface area contributed by atoms with E-state index in [2.05, 4.69) is 39.9 Å². The average molecular weight is 353 g/mol. The van der Waals surface area contributed by atoms with Gasteiger partial charge in [0.15, 0.2) is 5.69 Å². The first kappa shape index (κ1) is 17.2. The number of nitrogens with one attached hydrogen (secondary N) is 1. The number of nitrogens with zero attached hydrogens (tertiary/aromatic N) is 4. The van der Waals surface area contributed by atoms with Gasteiger partial charge in [0.05, 0.1) is 11.7 Å². The van der Waals surface area contributed by atoms with Crippen LogP contribution in [-0.4, -0.2) is 51.5 Å². The van der Waals surface area contributed by atoms with Gasteiger partial charge < -0.3 is 10.2 Å². The molecule has 0 spiro atoms. The molecule has 1 atom stereocenters. The Morgan fingerprint density at radius 2 is 1.96 bits per heavy atom. The van der Waals surface area contributed by atoms with Crippen LogP contribution in [0.4, 0.5) is 0 Å². The molecule has 6 heteroatoms. The van der Waals surface area contributed by atoms with Gasteiger partial charge in [-0.05, 0) is 57.7 Å². The first-order valence-corrected chi connectivity index (χ1v) is 9.71. The van der Waals surface area contributed by atoms with Crippen LogP contribution < -0.4 is 5.32 Å². The molecular formula is C20H27N5O. The van der Waals surface area contributed by atoms with Crippen LogP contribution in [0.3, 0.4) is 0 Å². The average Bonchev–Trinajstić information content (AvgIpc) is 3.29. The molecule has 2 aromatic rings. The lowest BCUT2D eigenvalue weighted by Crippen LogP contribution is -2.37. The summed E-state index contributed by atoms with van der Waals surface area (Å²) in [5.74, 6) is 0.0427. The fraction of sp³-hybridized carbons (Fsp3) is 0.550. The Balaban J connectivity index is 1.50. The van der Waals surface area contributed by atoms with Crippen molar-refractivity contribution in [2.24, 2.45) is 0 Å². The number of carbonyl (C=O) groups excluding carboxylic acids is 1. The van der Waals surface area contributed by atoms with Crippen LogP contribution >= 0.6 is 0 Å². The minimum absolute atomic E-state index is 0.0427. The van der Waals surface area contributed by atoms with Gasteiger partial charge >= 0.3 is 0 Å². The number of likely N-dealkylation sites (tertiary alicyclic amines) is 1. The normalized spacial score (nSPS) is 21.3. The highest BCUT2D eigenvalue weighted by Crippen LogP contribution is 2.25. The maximum absolute atomic E-state index is 13.2. The summed E-state index contributed by atoms with van der Waals surface area (Å²) in [6, 6.07) is 11.0. The van der Waals surface area contributed by atoms with Crippen LogP contribution in [0, 0.1) is 6.92 Å². The van der Waals surface area contributed by atoms with E-state index < -0.39 is 0 Å². The molecule has 1 aromatic heterocycles. The minimum atomic E-state index is 0.0427. The van der Waals surface area contributed by atoms with E-state index in [1.54, 1.807) is 0 Å². The topological polar surface area (TPSA) is 63.1 Å². The molecule has 2 fully saturated rings. The maximum Gasteiger partial charge on any atom is 0.276 e. The first-order valence-electron chi connectivity index (χ1n) is 9.71. The zero-order valence-electron chi connectivity index (χ0n) is 15.4. The van der Waals surface area contributed by atoms with Crippen molar-refractivity contribution in [3.05, 3.63) is 47.3 Å². The Morgan fingerprint density at radius 1 is 1.19 bits per heavy atom. The molecule has 0 saturated carbocycles. The van der Waals surface area contributed by atoms with E-state index in [1.807, 2.05) is 22.6 Å². The molecule has 2 aliphatic rings. The Kier molecular flexibility index (Phi) is 5.02. The zero-order valence-corrected chi connectivity index (χ0v) is 15.4. The third-order valence-electron chi connectivity index (χ3n) is 5.74. The van der Waals surface area contributed by atoms with E-state index >= 15 is 0 Å². The predicted molar refractivity (Wildman–Crippen MR) is 100 cm³/mol. The van der Waals surface area contributed by atoms with Gasteiger partial charge in [-0.1, -0.05) is 35.5 Å². The number of aromatic nitrogens is 3. The summed E-state index contributed by atoms with van der Waals surface area (Å²) in [4.78, 5) is 15.2. The van der Waals surface area contributed by atoms with Crippen molar-refractivity contribution in [2.75, 3.05) is 19.6 Å². The highest BCUT2D eigenvalue weighted by molar-refractivity contribution is 5.93. The standard InChI is InChI=1S/C20H27N5O/c1-15-19(22-23-25(15)17-9-11-21-12-10-17)20(26)24-13-5-8-18(24)14-16-6-3-2-4-7-16/h2-4,6-7,17-18,21H,5,8-14H2,1H3. The number of benzene rings is 1. The molecule has 0 bridgehead atoms. The van der Waals surface area contributed by atoms with Crippen LogP contribution in [0.15, 0.2) is 30.3 Å². The van der Waals surface area contributed by atoms with Crippen molar-refractivity contribution in [1.29, 1.82) is 0 Å². The molecule has 26 heavy (non-hydrogen) atoms. The fourth-order valence-electron chi connectivity index (χ4n) is 4.27. The molecule has 6 nitrogen and oxygen atoms in total. The SMILES string of the molecule is Cc1c(C(=O)N2CCCC2Cc2ccccc2)nnn1C1CCNCC1. The molecule has 0 aliphatic carbocycles. The molecule has 138 valence electrons. The summed E-state index contributed by atoms with van der Waals surface area (Å²) in [7, 11) is 0. The van der Waals surface area contributed by atoms with Gasteiger partial charge in [0.25, 0.3) is 5.91 Å². The monoisotopic (exact) mass is 353 g/mol. The summed E-state index contributed by atoms with van der Waals surface area (Å²) in [6.07, 6.45) is 5.11. The van der Waals surface area contributed by atoms with Crippen LogP contribution in [0.25, 0.3) is 0 Å². The Morgan fingerprint density at radius 3 is 2.73 bits per heavy atom. The van der Waals surface area contributed by atoms with Crippen molar-refractivity contribution in [3.63, 3.8) is 0 Å². The van der Waals surface area contributed by atoms with Crippen molar-refractivity contribution in [1.82, 2.24) is 25.2 Å². The lowest BCUT2D eigenvalue weighted by atomic mass is 10.0. The van der Waals surface area contributed by atoms with E-state index in [9.17, 15) is 4.79 Å². The van der Waals surface area contributed by atoms with Gasteiger partial charge in [-0.3, -0.25) is 4.79 Å². The Labute approximate surface area is 154 Å². The van der Waals surface area contributed by atoms with Gasteiger partial charge in [0.2, 0.25) is 0 Å². The van der Waals surface area contributed by atoms with Crippen molar-refractivity contribution < 1.29 is 4.79 Å². The fourth-order valence-corrected chi connectivity index (χ4v) is 4.27. The maximum atomic E-state index is 13.2. The van der Waals surface area contributed by atoms with E-state index in [0.717, 1.165) is 57.4 Å². The second kappa shape index (κ2) is 7.58. The molecule has 3 heterocycles. The number of hydrogen-bond acceptors (Lipinski definition) is 4. The zero-order chi connectivity index (χ0) is 17.9. The lowest BCUT2D eigenvalue weighted by Gasteiger charge is -2.25. The van der Waals surface area contributed by atoms with Crippen molar-refractivity contribution in [2.45, 2.75) is 51.1 Å². The number of amides is 1. The number of rotatable bonds is 4. The number of carbonyl (C=O) groups is 1. The Bertz CT molecular complexity index is 751. The molecule has 4 rings (SSSR count). The minimum Gasteiger partial charge on any atom is -0.334 e. The van der Waals surface area contributed by atoms with Gasteiger partial charge in [0.1, 0.15) is 0 Å². The summed E-state index contributed by atoms with van der Waals surface area (Å²) in [5.41, 5.74) is 2.73. The molecule has 0 radical (unpaired) electrons. The molecule has 1 aromatic carbocycles. The lowest BCUT2D eigenvalue weighted by molar-refractivity contribution is 0.0729. The van der Waals surface area contributed by atoms with Gasteiger partial charge in [-0.2, -0.15) is 0 Å². The second-order valence-corrected chi connectivity index (χ2v) is 7.43. The third-order valence-corrected chi connectivity index (χ3v) is 5.74. The van der Waals surface area contributed by atoms with Gasteiger partial charge in [-0.25, -0.2) is 4.68 Å². The highest BCUT2D eigenvalue weighted by atomic mass is 16.2. The van der Waals surface area contributed by atoms with Crippen LogP contribution in [0.2, 0.25) is 0 Å². The molecule has 1 N–H and O–H groups in total. The molecule has 1 amide bonds. The van der Waals surface area contributed by atoms with Gasteiger partial charge in [-0.15, -0.1) is 5.10 Å². The van der Waals surface area contributed by atoms with Crippen LogP contribution in [0.1, 0.15) is 53.5 Å². The first-order chi connectivity index (χ1) is 12.7. The summed E-state index contributed by atoms with van der Waals surface area (Å²) in [6.45, 7) is 4.80. The van der Waals surface area contributed by atoms with Crippen molar-refractivity contribution in [3.8, 4) is 0 Å². The Hall–Kier alpha value is -2.21. The molecule has 2 saturated heterocycles. The second-order valence-electron chi connectivity index (χ2n) is 7.43. The van der Waals surface area contributed by atoms with E-state index in [1.165, 1.54) is 5.56 Å². The summed E-state index contributed by atoms with van der Waals surface area (Å²) < 4.78 is 1.97. The molecule has 2 aliphatic heterocycles. The summed E-state index contributed by atoms with van der Waals surface area (Å²) in [5, 5.41) is 12.0. The number of piperidine rings is 1. The van der Waals surface area contributed by atoms with Gasteiger partial charge in [0, 0.05) is 12.6 Å². The third kappa shape index (κ3) is 3.38.